The molecule has 3 N–H and O–H groups in total. The molecule has 0 heterocycles. The van der Waals surface area contributed by atoms with Crippen LogP contribution in [0, 0.1) is 5.92 Å². The molecule has 0 aliphatic carbocycles. The first kappa shape index (κ1) is 18.1. The minimum absolute atomic E-state index is 0.725. The number of hydrogen-bond acceptors (Lipinski definition) is 3. The van der Waals surface area contributed by atoms with E-state index in [1.165, 1.54) is 19.3 Å². The van der Waals surface area contributed by atoms with Gasteiger partial charge in [-0.2, -0.15) is 0 Å². The second-order valence-corrected chi connectivity index (χ2v) is 4.73. The Bertz CT molecular complexity index is 226. The first-order chi connectivity index (χ1) is 9.35. The van der Waals surface area contributed by atoms with Gasteiger partial charge in [0, 0.05) is 19.6 Å². The molecule has 0 rings (SSSR count). The fourth-order valence-electron chi connectivity index (χ4n) is 1.97. The van der Waals surface area contributed by atoms with Gasteiger partial charge in [0.05, 0.1) is 0 Å². The van der Waals surface area contributed by atoms with E-state index in [2.05, 4.69) is 35.7 Å². The van der Waals surface area contributed by atoms with Crippen molar-refractivity contribution in [3.8, 4) is 0 Å². The van der Waals surface area contributed by atoms with Crippen LogP contribution in [0.4, 0.5) is 0 Å². The van der Waals surface area contributed by atoms with Crippen LogP contribution in [-0.4, -0.2) is 39.3 Å². The molecule has 110 valence electrons. The highest BCUT2D eigenvalue weighted by Gasteiger charge is 2.07. The summed E-state index contributed by atoms with van der Waals surface area (Å²) < 4.78 is 0. The first-order valence-electron chi connectivity index (χ1n) is 7.30. The lowest BCUT2D eigenvalue weighted by molar-refractivity contribution is 0.404. The molecule has 0 bridgehead atoms. The normalized spacial score (nSPS) is 12.0. The molecular weight excluding hydrogens is 234 g/mol. The largest absolute Gasteiger partial charge is 0.313 e. The van der Waals surface area contributed by atoms with Crippen LogP contribution in [0.1, 0.15) is 19.3 Å². The van der Waals surface area contributed by atoms with E-state index < -0.39 is 0 Å². The minimum Gasteiger partial charge on any atom is -0.313 e. The van der Waals surface area contributed by atoms with E-state index in [-0.39, 0.29) is 0 Å². The summed E-state index contributed by atoms with van der Waals surface area (Å²) in [5.74, 6) is 0.725. The molecule has 0 spiro atoms. The SMILES string of the molecule is C=CCNCCCC(CCNCC=C)CNCC=C. The van der Waals surface area contributed by atoms with Crippen molar-refractivity contribution in [1.82, 2.24) is 16.0 Å². The molecule has 1 atom stereocenters. The van der Waals surface area contributed by atoms with Crippen molar-refractivity contribution in [3.63, 3.8) is 0 Å². The summed E-state index contributed by atoms with van der Waals surface area (Å²) in [5, 5.41) is 10.1. The van der Waals surface area contributed by atoms with Gasteiger partial charge in [-0.25, -0.2) is 0 Å². The van der Waals surface area contributed by atoms with Gasteiger partial charge >= 0.3 is 0 Å². The summed E-state index contributed by atoms with van der Waals surface area (Å²) in [5.41, 5.74) is 0. The Labute approximate surface area is 119 Å². The monoisotopic (exact) mass is 265 g/mol. The Hall–Kier alpha value is -0.900. The van der Waals surface area contributed by atoms with Crippen LogP contribution >= 0.6 is 0 Å². The van der Waals surface area contributed by atoms with Crippen molar-refractivity contribution in [1.29, 1.82) is 0 Å². The van der Waals surface area contributed by atoms with Crippen LogP contribution < -0.4 is 16.0 Å². The molecule has 0 aliphatic heterocycles. The number of hydrogen-bond donors (Lipinski definition) is 3. The maximum absolute atomic E-state index is 3.73. The molecular formula is C16H31N3. The molecule has 0 amide bonds. The lowest BCUT2D eigenvalue weighted by Crippen LogP contribution is -2.27. The summed E-state index contributed by atoms with van der Waals surface area (Å²) in [6.07, 6.45) is 9.41. The van der Waals surface area contributed by atoms with Crippen LogP contribution in [-0.2, 0) is 0 Å². The Morgan fingerprint density at radius 2 is 1.32 bits per heavy atom. The topological polar surface area (TPSA) is 36.1 Å². The maximum Gasteiger partial charge on any atom is 0.0132 e. The number of nitrogens with one attached hydrogen (secondary N) is 3. The summed E-state index contributed by atoms with van der Waals surface area (Å²) in [4.78, 5) is 0. The van der Waals surface area contributed by atoms with Crippen LogP contribution in [0.5, 0.6) is 0 Å². The molecule has 0 saturated carbocycles. The van der Waals surface area contributed by atoms with E-state index in [1.54, 1.807) is 0 Å². The second kappa shape index (κ2) is 15.2. The summed E-state index contributed by atoms with van der Waals surface area (Å²) in [7, 11) is 0. The molecule has 0 aromatic heterocycles. The van der Waals surface area contributed by atoms with Gasteiger partial charge in [0.25, 0.3) is 0 Å². The molecule has 0 saturated heterocycles. The molecule has 0 radical (unpaired) electrons. The summed E-state index contributed by atoms with van der Waals surface area (Å²) in [6.45, 7) is 17.1. The molecule has 19 heavy (non-hydrogen) atoms. The van der Waals surface area contributed by atoms with Crippen LogP contribution in [0.2, 0.25) is 0 Å². The van der Waals surface area contributed by atoms with Crippen molar-refractivity contribution in [2.75, 3.05) is 39.3 Å². The molecule has 0 aromatic carbocycles. The minimum atomic E-state index is 0.725. The fraction of sp³-hybridized carbons (Fsp3) is 0.625. The average molecular weight is 265 g/mol. The highest BCUT2D eigenvalue weighted by Crippen LogP contribution is 2.09. The molecule has 3 nitrogen and oxygen atoms in total. The van der Waals surface area contributed by atoms with E-state index in [9.17, 15) is 0 Å². The van der Waals surface area contributed by atoms with Gasteiger partial charge in [0.15, 0.2) is 0 Å². The second-order valence-electron chi connectivity index (χ2n) is 4.73. The van der Waals surface area contributed by atoms with Crippen molar-refractivity contribution in [3.05, 3.63) is 38.0 Å². The van der Waals surface area contributed by atoms with Crippen molar-refractivity contribution < 1.29 is 0 Å². The third-order valence-corrected chi connectivity index (χ3v) is 2.99. The molecule has 0 fully saturated rings. The molecule has 1 unspecified atom stereocenters. The lowest BCUT2D eigenvalue weighted by atomic mass is 9.99. The van der Waals surface area contributed by atoms with E-state index in [1.807, 2.05) is 18.2 Å². The van der Waals surface area contributed by atoms with Crippen LogP contribution in [0.3, 0.4) is 0 Å². The van der Waals surface area contributed by atoms with Gasteiger partial charge in [0.2, 0.25) is 0 Å². The Morgan fingerprint density at radius 3 is 1.95 bits per heavy atom. The van der Waals surface area contributed by atoms with Gasteiger partial charge in [-0.15, -0.1) is 19.7 Å². The van der Waals surface area contributed by atoms with Gasteiger partial charge in [0.1, 0.15) is 0 Å². The average Bonchev–Trinajstić information content (AvgIpc) is 2.42. The lowest BCUT2D eigenvalue weighted by Gasteiger charge is -2.17. The Balaban J connectivity index is 3.71. The van der Waals surface area contributed by atoms with Crippen LogP contribution in [0.25, 0.3) is 0 Å². The highest BCUT2D eigenvalue weighted by molar-refractivity contribution is 4.74. The summed E-state index contributed by atoms with van der Waals surface area (Å²) >= 11 is 0. The Morgan fingerprint density at radius 1 is 0.737 bits per heavy atom. The predicted octanol–water partition coefficient (Wildman–Crippen LogP) is 2.10. The van der Waals surface area contributed by atoms with E-state index in [0.29, 0.717) is 0 Å². The van der Waals surface area contributed by atoms with Gasteiger partial charge in [-0.05, 0) is 44.8 Å². The van der Waals surface area contributed by atoms with E-state index in [0.717, 1.165) is 45.2 Å². The zero-order valence-electron chi connectivity index (χ0n) is 12.3. The highest BCUT2D eigenvalue weighted by atomic mass is 14.9. The molecule has 0 aliphatic rings. The molecule has 0 aromatic rings. The predicted molar refractivity (Wildman–Crippen MR) is 86.5 cm³/mol. The standard InChI is InChI=1S/C16H31N3/c1-4-10-17-13-7-8-16(15-19-12-6-3)9-14-18-11-5-2/h4-6,16-19H,1-3,7-15H2. The zero-order valence-corrected chi connectivity index (χ0v) is 12.3. The Kier molecular flexibility index (Phi) is 14.4. The van der Waals surface area contributed by atoms with Gasteiger partial charge in [-0.1, -0.05) is 18.2 Å². The van der Waals surface area contributed by atoms with Crippen molar-refractivity contribution in [2.45, 2.75) is 19.3 Å². The zero-order chi connectivity index (χ0) is 14.2. The quantitative estimate of drug-likeness (QED) is 0.313. The number of rotatable bonds is 15. The van der Waals surface area contributed by atoms with Crippen molar-refractivity contribution in [2.24, 2.45) is 5.92 Å². The van der Waals surface area contributed by atoms with E-state index in [4.69, 9.17) is 0 Å². The van der Waals surface area contributed by atoms with Crippen LogP contribution in [0.15, 0.2) is 38.0 Å². The first-order valence-corrected chi connectivity index (χ1v) is 7.30. The smallest absolute Gasteiger partial charge is 0.0132 e. The van der Waals surface area contributed by atoms with Crippen molar-refractivity contribution >= 4 is 0 Å². The molecule has 3 heteroatoms. The van der Waals surface area contributed by atoms with E-state index >= 15 is 0 Å². The third-order valence-electron chi connectivity index (χ3n) is 2.99. The third kappa shape index (κ3) is 13.3. The van der Waals surface area contributed by atoms with Gasteiger partial charge < -0.3 is 16.0 Å². The van der Waals surface area contributed by atoms with Gasteiger partial charge in [-0.3, -0.25) is 0 Å². The summed E-state index contributed by atoms with van der Waals surface area (Å²) in [6, 6.07) is 0. The maximum atomic E-state index is 3.73. The fourth-order valence-corrected chi connectivity index (χ4v) is 1.97.